The number of Topliss-reactive ketones (excluding diaryl/α,β-unsaturated/α-hetero) is 1. The molecule has 1 saturated heterocycles. The molecule has 3 rings (SSSR count). The molecule has 2 atom stereocenters. The molecule has 1 aromatic carbocycles. The zero-order valence-electron chi connectivity index (χ0n) is 15.4. The lowest BCUT2D eigenvalue weighted by Gasteiger charge is -2.36. The van der Waals surface area contributed by atoms with Gasteiger partial charge < -0.3 is 5.32 Å². The Kier molecular flexibility index (Phi) is 4.43. The van der Waals surface area contributed by atoms with Crippen molar-refractivity contribution in [1.82, 2.24) is 10.2 Å². The molecular weight excluding hydrogens is 316 g/mol. The highest BCUT2D eigenvalue weighted by Gasteiger charge is 2.55. The summed E-state index contributed by atoms with van der Waals surface area (Å²) in [5.41, 5.74) is 2.80. The summed E-state index contributed by atoms with van der Waals surface area (Å²) in [6.07, 6.45) is 3.58. The van der Waals surface area contributed by atoms with E-state index in [0.29, 0.717) is 12.0 Å². The first-order chi connectivity index (χ1) is 11.8. The minimum atomic E-state index is -0.812. The van der Waals surface area contributed by atoms with Crippen molar-refractivity contribution in [3.05, 3.63) is 34.4 Å². The molecule has 1 aromatic rings. The average Bonchev–Trinajstić information content (AvgIpc) is 2.79. The summed E-state index contributed by atoms with van der Waals surface area (Å²) in [5.74, 6) is -0.328. The van der Waals surface area contributed by atoms with Gasteiger partial charge in [-0.2, -0.15) is 0 Å². The minimum absolute atomic E-state index is 0.0983. The first-order valence-corrected chi connectivity index (χ1v) is 9.01. The van der Waals surface area contributed by atoms with E-state index in [9.17, 15) is 14.4 Å². The van der Waals surface area contributed by atoms with Crippen molar-refractivity contribution in [3.63, 3.8) is 0 Å². The van der Waals surface area contributed by atoms with Crippen LogP contribution >= 0.6 is 0 Å². The van der Waals surface area contributed by atoms with Gasteiger partial charge in [0.2, 0.25) is 0 Å². The second-order valence-corrected chi connectivity index (χ2v) is 7.61. The predicted molar refractivity (Wildman–Crippen MR) is 95.6 cm³/mol. The molecule has 134 valence electrons. The molecule has 0 unspecified atom stereocenters. The summed E-state index contributed by atoms with van der Waals surface area (Å²) < 4.78 is 0. The van der Waals surface area contributed by atoms with Crippen LogP contribution in [0.2, 0.25) is 0 Å². The van der Waals surface area contributed by atoms with E-state index in [2.05, 4.69) is 5.32 Å². The molecule has 0 aromatic heterocycles. The van der Waals surface area contributed by atoms with Crippen molar-refractivity contribution < 1.29 is 14.4 Å². The largest absolute Gasteiger partial charge is 0.325 e. The number of rotatable bonds is 3. The van der Waals surface area contributed by atoms with E-state index in [1.165, 1.54) is 0 Å². The lowest BCUT2D eigenvalue weighted by molar-refractivity contribution is -0.133. The zero-order valence-corrected chi connectivity index (χ0v) is 15.4. The van der Waals surface area contributed by atoms with Crippen LogP contribution in [0.25, 0.3) is 0 Å². The Balaban J connectivity index is 1.83. The fourth-order valence-corrected chi connectivity index (χ4v) is 4.13. The predicted octanol–water partition coefficient (Wildman–Crippen LogP) is 3.30. The summed E-state index contributed by atoms with van der Waals surface area (Å²) in [4.78, 5) is 39.2. The smallest absolute Gasteiger partial charge is 0.323 e. The Bertz CT molecular complexity index is 756. The molecule has 2 fully saturated rings. The van der Waals surface area contributed by atoms with Crippen LogP contribution in [-0.4, -0.2) is 34.7 Å². The maximum Gasteiger partial charge on any atom is 0.325 e. The quantitative estimate of drug-likeness (QED) is 0.677. The Morgan fingerprint density at radius 3 is 2.52 bits per heavy atom. The van der Waals surface area contributed by atoms with Crippen LogP contribution in [0.15, 0.2) is 12.1 Å². The monoisotopic (exact) mass is 342 g/mol. The van der Waals surface area contributed by atoms with E-state index in [0.717, 1.165) is 40.9 Å². The van der Waals surface area contributed by atoms with Gasteiger partial charge in [0.15, 0.2) is 5.78 Å². The molecule has 5 heteroatoms. The summed E-state index contributed by atoms with van der Waals surface area (Å²) in [6, 6.07) is 3.39. The van der Waals surface area contributed by atoms with Gasteiger partial charge in [0.05, 0.1) is 6.54 Å². The molecule has 5 nitrogen and oxygen atoms in total. The van der Waals surface area contributed by atoms with Crippen molar-refractivity contribution >= 4 is 17.7 Å². The number of ketones is 1. The molecule has 25 heavy (non-hydrogen) atoms. The number of amides is 3. The number of urea groups is 1. The van der Waals surface area contributed by atoms with Gasteiger partial charge in [-0.25, -0.2) is 4.79 Å². The lowest BCUT2D eigenvalue weighted by atomic mass is 9.73. The molecule has 1 saturated carbocycles. The average molecular weight is 342 g/mol. The number of hydrogen-bond acceptors (Lipinski definition) is 3. The van der Waals surface area contributed by atoms with Gasteiger partial charge in [-0.1, -0.05) is 25.8 Å². The molecule has 0 bridgehead atoms. The second-order valence-electron chi connectivity index (χ2n) is 7.61. The molecule has 3 amide bonds. The Morgan fingerprint density at radius 2 is 1.84 bits per heavy atom. The van der Waals surface area contributed by atoms with Gasteiger partial charge in [0.25, 0.3) is 5.91 Å². The van der Waals surface area contributed by atoms with E-state index in [1.54, 1.807) is 0 Å². The minimum Gasteiger partial charge on any atom is -0.323 e. The standard InChI is InChI=1S/C20H26N2O3/c1-12-9-14(3)16(10-13(12)2)17(23)11-22-18(24)20(21-19(22)25)8-6-5-7-15(20)4/h9-10,15H,5-8,11H2,1-4H3,(H,21,25)/t15-,20-/m0/s1. The molecule has 2 aliphatic rings. The number of nitrogens with one attached hydrogen (secondary N) is 1. The molecule has 1 spiro atoms. The third-order valence-electron chi connectivity index (χ3n) is 5.94. The van der Waals surface area contributed by atoms with Crippen molar-refractivity contribution in [1.29, 1.82) is 0 Å². The second kappa shape index (κ2) is 6.28. The number of carbonyl (C=O) groups is 3. The van der Waals surface area contributed by atoms with E-state index in [1.807, 2.05) is 39.8 Å². The van der Waals surface area contributed by atoms with Crippen LogP contribution in [0.1, 0.15) is 59.7 Å². The molecule has 1 aliphatic carbocycles. The first-order valence-electron chi connectivity index (χ1n) is 9.01. The highest BCUT2D eigenvalue weighted by molar-refractivity contribution is 6.11. The van der Waals surface area contributed by atoms with Gasteiger partial charge in [-0.05, 0) is 62.3 Å². The van der Waals surface area contributed by atoms with Crippen LogP contribution in [-0.2, 0) is 4.79 Å². The van der Waals surface area contributed by atoms with Crippen molar-refractivity contribution in [2.24, 2.45) is 5.92 Å². The summed E-state index contributed by atoms with van der Waals surface area (Å²) in [6.45, 7) is 7.66. The third kappa shape index (κ3) is 2.86. The van der Waals surface area contributed by atoms with Crippen LogP contribution in [0, 0.1) is 26.7 Å². The van der Waals surface area contributed by atoms with E-state index >= 15 is 0 Å². The zero-order chi connectivity index (χ0) is 18.4. The number of aryl methyl sites for hydroxylation is 3. The van der Waals surface area contributed by atoms with Crippen molar-refractivity contribution in [3.8, 4) is 0 Å². The van der Waals surface area contributed by atoms with E-state index < -0.39 is 11.6 Å². The number of benzene rings is 1. The van der Waals surface area contributed by atoms with Crippen molar-refractivity contribution in [2.45, 2.75) is 58.9 Å². The molecular formula is C20H26N2O3. The fraction of sp³-hybridized carbons (Fsp3) is 0.550. The normalized spacial score (nSPS) is 26.2. The highest BCUT2D eigenvalue weighted by Crippen LogP contribution is 2.38. The summed E-state index contributed by atoms with van der Waals surface area (Å²) in [7, 11) is 0. The van der Waals surface area contributed by atoms with Gasteiger partial charge >= 0.3 is 6.03 Å². The van der Waals surface area contributed by atoms with Gasteiger partial charge in [0.1, 0.15) is 5.54 Å². The van der Waals surface area contributed by atoms with Crippen LogP contribution < -0.4 is 5.32 Å². The van der Waals surface area contributed by atoms with Crippen LogP contribution in [0.3, 0.4) is 0 Å². The molecule has 1 aliphatic heterocycles. The maximum absolute atomic E-state index is 13.0. The summed E-state index contributed by atoms with van der Waals surface area (Å²) >= 11 is 0. The molecule has 0 radical (unpaired) electrons. The van der Waals surface area contributed by atoms with E-state index in [4.69, 9.17) is 0 Å². The Labute approximate surface area is 148 Å². The number of imide groups is 1. The van der Waals surface area contributed by atoms with Crippen molar-refractivity contribution in [2.75, 3.05) is 6.54 Å². The van der Waals surface area contributed by atoms with Crippen LogP contribution in [0.4, 0.5) is 4.79 Å². The topological polar surface area (TPSA) is 66.5 Å². The van der Waals surface area contributed by atoms with E-state index in [-0.39, 0.29) is 24.2 Å². The molecule has 1 heterocycles. The Hall–Kier alpha value is -2.17. The number of carbonyl (C=O) groups excluding carboxylic acids is 3. The van der Waals surface area contributed by atoms with Gasteiger partial charge in [0, 0.05) is 5.56 Å². The molecule has 1 N–H and O–H groups in total. The van der Waals surface area contributed by atoms with Crippen LogP contribution in [0.5, 0.6) is 0 Å². The maximum atomic E-state index is 13.0. The third-order valence-corrected chi connectivity index (χ3v) is 5.94. The lowest BCUT2D eigenvalue weighted by Crippen LogP contribution is -2.54. The SMILES string of the molecule is Cc1cc(C)c(C(=O)CN2C(=O)N[C@]3(CCCC[C@@H]3C)C2=O)cc1C. The summed E-state index contributed by atoms with van der Waals surface area (Å²) in [5, 5.41) is 2.90. The Morgan fingerprint density at radius 1 is 1.16 bits per heavy atom. The number of nitrogens with zero attached hydrogens (tertiary/aromatic N) is 1. The van der Waals surface area contributed by atoms with Gasteiger partial charge in [-0.15, -0.1) is 0 Å². The first kappa shape index (κ1) is 17.6. The highest BCUT2D eigenvalue weighted by atomic mass is 16.2. The van der Waals surface area contributed by atoms with Gasteiger partial charge in [-0.3, -0.25) is 14.5 Å². The number of hydrogen-bond donors (Lipinski definition) is 1. The fourth-order valence-electron chi connectivity index (χ4n) is 4.13.